The van der Waals surface area contributed by atoms with Crippen LogP contribution >= 0.6 is 22.9 Å². The molecule has 2 aliphatic rings. The molecule has 1 aliphatic heterocycles. The number of benzene rings is 1. The molecule has 8 nitrogen and oxygen atoms in total. The van der Waals surface area contributed by atoms with Crippen molar-refractivity contribution in [2.45, 2.75) is 44.0 Å². The van der Waals surface area contributed by atoms with Crippen LogP contribution in [0.2, 0.25) is 5.02 Å². The normalized spacial score (nSPS) is 23.3. The quantitative estimate of drug-likeness (QED) is 0.465. The fourth-order valence-electron chi connectivity index (χ4n) is 4.45. The van der Waals surface area contributed by atoms with Gasteiger partial charge in [-0.15, -0.1) is 11.3 Å². The Balaban J connectivity index is 1.27. The van der Waals surface area contributed by atoms with Crippen LogP contribution in [0.25, 0.3) is 10.9 Å². The zero-order chi connectivity index (χ0) is 22.4. The van der Waals surface area contributed by atoms with Crippen molar-refractivity contribution >= 4 is 45.7 Å². The average Bonchev–Trinajstić information content (AvgIpc) is 3.44. The minimum atomic E-state index is -0.592. The molecule has 10 heteroatoms. The predicted molar refractivity (Wildman–Crippen MR) is 123 cm³/mol. The molecule has 0 spiro atoms. The number of aromatic amines is 1. The van der Waals surface area contributed by atoms with Gasteiger partial charge in [0, 0.05) is 40.3 Å². The van der Waals surface area contributed by atoms with E-state index in [0.29, 0.717) is 28.6 Å². The van der Waals surface area contributed by atoms with Crippen LogP contribution in [-0.2, 0) is 13.0 Å². The number of hydrogen-bond donors (Lipinski definition) is 4. The number of carbonyl (C=O) groups excluding carboxylic acids is 2. The van der Waals surface area contributed by atoms with Gasteiger partial charge in [-0.3, -0.25) is 9.59 Å². The van der Waals surface area contributed by atoms with Gasteiger partial charge in [-0.2, -0.15) is 0 Å². The second-order valence-electron chi connectivity index (χ2n) is 8.58. The topological polar surface area (TPSA) is 110 Å². The summed E-state index contributed by atoms with van der Waals surface area (Å²) in [6.45, 7) is 1.73. The van der Waals surface area contributed by atoms with Crippen molar-refractivity contribution in [1.82, 2.24) is 25.5 Å². The minimum Gasteiger partial charge on any atom is -0.393 e. The van der Waals surface area contributed by atoms with Crippen molar-refractivity contribution in [2.24, 2.45) is 0 Å². The van der Waals surface area contributed by atoms with E-state index in [-0.39, 0.29) is 23.9 Å². The highest BCUT2D eigenvalue weighted by Gasteiger charge is 2.36. The van der Waals surface area contributed by atoms with E-state index in [2.05, 4.69) is 32.5 Å². The summed E-state index contributed by atoms with van der Waals surface area (Å²) < 4.78 is 0. The molecule has 1 fully saturated rings. The number of fused-ring (bicyclic) bond motifs is 2. The molecule has 3 heterocycles. The molecule has 1 aliphatic carbocycles. The smallest absolute Gasteiger partial charge is 0.280 e. The number of hydrogen-bond acceptors (Lipinski definition) is 6. The molecule has 168 valence electrons. The van der Waals surface area contributed by atoms with E-state index in [1.54, 1.807) is 18.2 Å². The molecule has 2 aromatic heterocycles. The Morgan fingerprint density at radius 2 is 1.97 bits per heavy atom. The largest absolute Gasteiger partial charge is 0.393 e. The Kier molecular flexibility index (Phi) is 5.66. The number of aliphatic hydroxyl groups is 1. The summed E-state index contributed by atoms with van der Waals surface area (Å²) >= 11 is 7.45. The first-order valence-electron chi connectivity index (χ1n) is 10.6. The number of nitrogens with one attached hydrogen (secondary N) is 3. The van der Waals surface area contributed by atoms with Gasteiger partial charge in [0.2, 0.25) is 0 Å². The molecule has 32 heavy (non-hydrogen) atoms. The molecule has 3 unspecified atom stereocenters. The summed E-state index contributed by atoms with van der Waals surface area (Å²) in [5, 5.41) is 18.0. The summed E-state index contributed by atoms with van der Waals surface area (Å²) in [4.78, 5) is 36.7. The lowest BCUT2D eigenvalue weighted by molar-refractivity contribution is 0.0889. The van der Waals surface area contributed by atoms with Crippen LogP contribution in [-0.4, -0.2) is 63.6 Å². The maximum absolute atomic E-state index is 12.9. The molecular weight excluding hydrogens is 450 g/mol. The van der Waals surface area contributed by atoms with Crippen LogP contribution in [0.1, 0.15) is 43.7 Å². The van der Waals surface area contributed by atoms with Gasteiger partial charge in [-0.05, 0) is 44.2 Å². The number of aliphatic hydroxyl groups excluding tert-OH is 1. The first-order chi connectivity index (χ1) is 15.4. The first kappa shape index (κ1) is 21.4. The molecule has 1 saturated carbocycles. The molecule has 0 bridgehead atoms. The highest BCUT2D eigenvalue weighted by Crippen LogP contribution is 2.26. The lowest BCUT2D eigenvalue weighted by Crippen LogP contribution is -2.48. The van der Waals surface area contributed by atoms with Crippen LogP contribution in [0.15, 0.2) is 24.3 Å². The summed E-state index contributed by atoms with van der Waals surface area (Å²) in [6.07, 6.45) is 1.01. The van der Waals surface area contributed by atoms with Crippen molar-refractivity contribution in [3.05, 3.63) is 50.6 Å². The Bertz CT molecular complexity index is 1190. The Morgan fingerprint density at radius 3 is 2.75 bits per heavy atom. The van der Waals surface area contributed by atoms with Crippen LogP contribution in [0.3, 0.4) is 0 Å². The lowest BCUT2D eigenvalue weighted by Gasteiger charge is -2.21. The molecule has 3 aromatic rings. The lowest BCUT2D eigenvalue weighted by atomic mass is 10.1. The highest BCUT2D eigenvalue weighted by atomic mass is 35.5. The molecule has 2 amide bonds. The molecular formula is C22H24ClN5O3S. The van der Waals surface area contributed by atoms with Crippen molar-refractivity contribution in [1.29, 1.82) is 0 Å². The summed E-state index contributed by atoms with van der Waals surface area (Å²) in [7, 11) is 2.05. The number of likely N-dealkylation sites (N-methyl/N-ethyl adjacent to an activating group) is 1. The van der Waals surface area contributed by atoms with E-state index in [1.807, 2.05) is 6.07 Å². The Hall–Kier alpha value is -2.46. The van der Waals surface area contributed by atoms with Crippen molar-refractivity contribution < 1.29 is 14.7 Å². The second kappa shape index (κ2) is 8.47. The summed E-state index contributed by atoms with van der Waals surface area (Å²) in [6, 6.07) is 6.36. The summed E-state index contributed by atoms with van der Waals surface area (Å²) in [5.74, 6) is -0.547. The van der Waals surface area contributed by atoms with Gasteiger partial charge in [0.25, 0.3) is 11.8 Å². The van der Waals surface area contributed by atoms with E-state index in [1.165, 1.54) is 11.3 Å². The first-order valence-corrected chi connectivity index (χ1v) is 11.8. The highest BCUT2D eigenvalue weighted by molar-refractivity contribution is 7.13. The number of aromatic nitrogens is 2. The van der Waals surface area contributed by atoms with Crippen LogP contribution in [0.5, 0.6) is 0 Å². The fraction of sp³-hybridized carbons (Fsp3) is 0.409. The number of amides is 2. The van der Waals surface area contributed by atoms with Gasteiger partial charge in [0.15, 0.2) is 5.01 Å². The monoisotopic (exact) mass is 473 g/mol. The molecule has 1 aromatic carbocycles. The van der Waals surface area contributed by atoms with Crippen molar-refractivity contribution in [3.8, 4) is 0 Å². The van der Waals surface area contributed by atoms with Gasteiger partial charge in [0.05, 0.1) is 23.9 Å². The van der Waals surface area contributed by atoms with Gasteiger partial charge in [-0.1, -0.05) is 11.6 Å². The standard InChI is InChI=1S/C22H24ClN5O3S/c1-28-5-4-15-19(10-28)32-22(27-15)21(31)26-17-9-13(29)8-16(17)25-20(30)18-7-11-6-12(23)2-3-14(11)24-18/h2-3,6-7,13,16-17,24,29H,4-5,8-10H2,1H3,(H,25,30)(H,26,31). The Morgan fingerprint density at radius 1 is 1.22 bits per heavy atom. The zero-order valence-corrected chi connectivity index (χ0v) is 19.1. The maximum Gasteiger partial charge on any atom is 0.280 e. The van der Waals surface area contributed by atoms with Crippen LogP contribution in [0.4, 0.5) is 0 Å². The average molecular weight is 474 g/mol. The van der Waals surface area contributed by atoms with Gasteiger partial charge in [0.1, 0.15) is 5.69 Å². The maximum atomic E-state index is 12.9. The fourth-order valence-corrected chi connectivity index (χ4v) is 5.72. The number of H-pyrrole nitrogens is 1. The van der Waals surface area contributed by atoms with E-state index >= 15 is 0 Å². The third-order valence-corrected chi connectivity index (χ3v) is 7.43. The third kappa shape index (κ3) is 4.25. The summed E-state index contributed by atoms with van der Waals surface area (Å²) in [5.41, 5.74) is 2.22. The van der Waals surface area contributed by atoms with Crippen molar-refractivity contribution in [2.75, 3.05) is 13.6 Å². The van der Waals surface area contributed by atoms with Gasteiger partial charge >= 0.3 is 0 Å². The molecule has 4 N–H and O–H groups in total. The van der Waals surface area contributed by atoms with Crippen LogP contribution in [0, 0.1) is 0 Å². The SMILES string of the molecule is CN1CCc2nc(C(=O)NC3CC(O)CC3NC(=O)c3cc4cc(Cl)ccc4[nH]3)sc2C1. The molecule has 0 saturated heterocycles. The van der Waals surface area contributed by atoms with Gasteiger partial charge in [-0.25, -0.2) is 4.98 Å². The number of thiazole rings is 1. The van der Waals surface area contributed by atoms with E-state index in [0.717, 1.165) is 41.0 Å². The number of nitrogens with zero attached hydrogens (tertiary/aromatic N) is 2. The van der Waals surface area contributed by atoms with Crippen molar-refractivity contribution in [3.63, 3.8) is 0 Å². The Labute approximate surface area is 194 Å². The molecule has 0 radical (unpaired) electrons. The molecule has 5 rings (SSSR count). The molecule has 3 atom stereocenters. The predicted octanol–water partition coefficient (Wildman–Crippen LogP) is 2.32. The van der Waals surface area contributed by atoms with E-state index < -0.39 is 6.10 Å². The second-order valence-corrected chi connectivity index (χ2v) is 10.1. The minimum absolute atomic E-state index is 0.259. The number of carbonyl (C=O) groups is 2. The number of rotatable bonds is 4. The van der Waals surface area contributed by atoms with Crippen LogP contribution < -0.4 is 10.6 Å². The zero-order valence-electron chi connectivity index (χ0n) is 17.5. The number of halogens is 1. The van der Waals surface area contributed by atoms with E-state index in [9.17, 15) is 14.7 Å². The van der Waals surface area contributed by atoms with Gasteiger partial charge < -0.3 is 25.6 Å². The van der Waals surface area contributed by atoms with E-state index in [4.69, 9.17) is 11.6 Å². The third-order valence-electron chi connectivity index (χ3n) is 6.11.